The Kier molecular flexibility index (Phi) is 6.68. The predicted molar refractivity (Wildman–Crippen MR) is 72.4 cm³/mol. The zero-order valence-corrected chi connectivity index (χ0v) is 11.5. The van der Waals surface area contributed by atoms with Crippen molar-refractivity contribution in [1.29, 1.82) is 0 Å². The Labute approximate surface area is 109 Å². The van der Waals surface area contributed by atoms with Crippen LogP contribution in [0.3, 0.4) is 0 Å². The summed E-state index contributed by atoms with van der Waals surface area (Å²) in [5.74, 6) is 0.0541. The van der Waals surface area contributed by atoms with Crippen LogP contribution in [0, 0.1) is 5.82 Å². The van der Waals surface area contributed by atoms with Gasteiger partial charge in [0.1, 0.15) is 0 Å². The average molecular weight is 254 g/mol. The fourth-order valence-electron chi connectivity index (χ4n) is 1.78. The van der Waals surface area contributed by atoms with Crippen LogP contribution in [0.25, 0.3) is 0 Å². The number of methoxy groups -OCH3 is 1. The molecule has 0 radical (unpaired) electrons. The highest BCUT2D eigenvalue weighted by molar-refractivity contribution is 5.30. The van der Waals surface area contributed by atoms with Crippen LogP contribution < -0.4 is 10.1 Å². The highest BCUT2D eigenvalue weighted by atomic mass is 19.1. The van der Waals surface area contributed by atoms with Gasteiger partial charge in [-0.15, -0.1) is 0 Å². The Bertz CT molecular complexity index is 358. The first kappa shape index (κ1) is 14.9. The van der Waals surface area contributed by atoms with Gasteiger partial charge in [0.05, 0.1) is 7.11 Å². The SMILES string of the molecule is CCCNCCN(C)Cc1cccc(OC)c1F. The molecule has 0 aliphatic rings. The number of halogens is 1. The molecular weight excluding hydrogens is 231 g/mol. The standard InChI is InChI=1S/C14H23FN2O/c1-4-8-16-9-10-17(2)11-12-6-5-7-13(18-3)14(12)15/h5-7,16H,4,8-11H2,1-3H3. The van der Waals surface area contributed by atoms with Gasteiger partial charge in [-0.2, -0.15) is 0 Å². The highest BCUT2D eigenvalue weighted by Gasteiger charge is 2.09. The first-order valence-electron chi connectivity index (χ1n) is 6.39. The summed E-state index contributed by atoms with van der Waals surface area (Å²) < 4.78 is 18.9. The number of benzene rings is 1. The maximum atomic E-state index is 13.9. The van der Waals surface area contributed by atoms with Gasteiger partial charge in [0.25, 0.3) is 0 Å². The molecule has 0 aromatic heterocycles. The van der Waals surface area contributed by atoms with Gasteiger partial charge >= 0.3 is 0 Å². The second-order valence-electron chi connectivity index (χ2n) is 4.42. The van der Waals surface area contributed by atoms with E-state index in [4.69, 9.17) is 4.74 Å². The topological polar surface area (TPSA) is 24.5 Å². The van der Waals surface area contributed by atoms with Gasteiger partial charge in [-0.25, -0.2) is 4.39 Å². The molecule has 0 saturated heterocycles. The van der Waals surface area contributed by atoms with Gasteiger partial charge in [0.15, 0.2) is 11.6 Å². The van der Waals surface area contributed by atoms with Crippen LogP contribution in [-0.4, -0.2) is 38.7 Å². The first-order valence-corrected chi connectivity index (χ1v) is 6.39. The smallest absolute Gasteiger partial charge is 0.169 e. The number of hydrogen-bond acceptors (Lipinski definition) is 3. The van der Waals surface area contributed by atoms with Crippen molar-refractivity contribution in [2.24, 2.45) is 0 Å². The lowest BCUT2D eigenvalue weighted by atomic mass is 10.2. The van der Waals surface area contributed by atoms with E-state index in [9.17, 15) is 4.39 Å². The Hall–Kier alpha value is -1.13. The van der Waals surface area contributed by atoms with Crippen molar-refractivity contribution < 1.29 is 9.13 Å². The molecule has 0 spiro atoms. The second kappa shape index (κ2) is 8.06. The fourth-order valence-corrected chi connectivity index (χ4v) is 1.78. The van der Waals surface area contributed by atoms with Crippen molar-refractivity contribution in [3.8, 4) is 5.75 Å². The predicted octanol–water partition coefficient (Wildman–Crippen LogP) is 2.27. The molecule has 0 atom stereocenters. The molecule has 1 aromatic rings. The molecule has 0 aliphatic carbocycles. The van der Waals surface area contributed by atoms with E-state index in [0.717, 1.165) is 26.1 Å². The van der Waals surface area contributed by atoms with Crippen molar-refractivity contribution >= 4 is 0 Å². The van der Waals surface area contributed by atoms with Crippen molar-refractivity contribution in [2.75, 3.05) is 33.8 Å². The molecule has 0 amide bonds. The molecule has 102 valence electrons. The van der Waals surface area contributed by atoms with Crippen LogP contribution in [-0.2, 0) is 6.54 Å². The van der Waals surface area contributed by atoms with E-state index in [1.54, 1.807) is 12.1 Å². The molecule has 0 heterocycles. The molecule has 0 saturated carbocycles. The van der Waals surface area contributed by atoms with Gasteiger partial charge in [-0.1, -0.05) is 19.1 Å². The maximum Gasteiger partial charge on any atom is 0.169 e. The van der Waals surface area contributed by atoms with E-state index in [2.05, 4.69) is 17.1 Å². The molecule has 1 N–H and O–H groups in total. The van der Waals surface area contributed by atoms with Crippen molar-refractivity contribution in [3.05, 3.63) is 29.6 Å². The first-order chi connectivity index (χ1) is 8.69. The lowest BCUT2D eigenvalue weighted by Gasteiger charge is -2.18. The van der Waals surface area contributed by atoms with E-state index < -0.39 is 0 Å². The summed E-state index contributed by atoms with van der Waals surface area (Å²) in [5.41, 5.74) is 0.673. The van der Waals surface area contributed by atoms with Gasteiger partial charge in [0.2, 0.25) is 0 Å². The van der Waals surface area contributed by atoms with Crippen LogP contribution >= 0.6 is 0 Å². The number of nitrogens with one attached hydrogen (secondary N) is 1. The normalized spacial score (nSPS) is 10.9. The summed E-state index contributed by atoms with van der Waals surface area (Å²) in [6.07, 6.45) is 1.13. The number of hydrogen-bond donors (Lipinski definition) is 1. The zero-order valence-electron chi connectivity index (χ0n) is 11.5. The van der Waals surface area contributed by atoms with E-state index in [1.165, 1.54) is 7.11 Å². The van der Waals surface area contributed by atoms with Crippen LogP contribution in [0.5, 0.6) is 5.75 Å². The van der Waals surface area contributed by atoms with Crippen LogP contribution in [0.1, 0.15) is 18.9 Å². The Morgan fingerprint density at radius 1 is 1.33 bits per heavy atom. The molecule has 1 rings (SSSR count). The number of rotatable bonds is 8. The third kappa shape index (κ3) is 4.63. The Morgan fingerprint density at radius 2 is 2.11 bits per heavy atom. The van der Waals surface area contributed by atoms with Crippen LogP contribution in [0.2, 0.25) is 0 Å². The van der Waals surface area contributed by atoms with Gasteiger partial charge in [-0.3, -0.25) is 0 Å². The number of nitrogens with zero attached hydrogens (tertiary/aromatic N) is 1. The molecule has 18 heavy (non-hydrogen) atoms. The number of likely N-dealkylation sites (N-methyl/N-ethyl adjacent to an activating group) is 1. The van der Waals surface area contributed by atoms with Gasteiger partial charge < -0.3 is 15.0 Å². The van der Waals surface area contributed by atoms with E-state index in [0.29, 0.717) is 17.9 Å². The summed E-state index contributed by atoms with van der Waals surface area (Å²) in [4.78, 5) is 2.10. The van der Waals surface area contributed by atoms with Crippen molar-refractivity contribution in [1.82, 2.24) is 10.2 Å². The molecule has 4 heteroatoms. The lowest BCUT2D eigenvalue weighted by Crippen LogP contribution is -2.29. The van der Waals surface area contributed by atoms with E-state index in [1.807, 2.05) is 13.1 Å². The minimum absolute atomic E-state index is 0.256. The van der Waals surface area contributed by atoms with Gasteiger partial charge in [-0.05, 0) is 26.1 Å². The summed E-state index contributed by atoms with van der Waals surface area (Å²) in [6.45, 7) is 5.59. The average Bonchev–Trinajstić information content (AvgIpc) is 2.37. The second-order valence-corrected chi connectivity index (χ2v) is 4.42. The minimum Gasteiger partial charge on any atom is -0.494 e. The monoisotopic (exact) mass is 254 g/mol. The van der Waals surface area contributed by atoms with Crippen LogP contribution in [0.15, 0.2) is 18.2 Å². The van der Waals surface area contributed by atoms with E-state index in [-0.39, 0.29) is 5.82 Å². The molecule has 3 nitrogen and oxygen atoms in total. The summed E-state index contributed by atoms with van der Waals surface area (Å²) >= 11 is 0. The minimum atomic E-state index is -0.256. The summed E-state index contributed by atoms with van der Waals surface area (Å²) in [7, 11) is 3.48. The van der Waals surface area contributed by atoms with Crippen molar-refractivity contribution in [2.45, 2.75) is 19.9 Å². The highest BCUT2D eigenvalue weighted by Crippen LogP contribution is 2.20. The third-order valence-electron chi connectivity index (χ3n) is 2.80. The quantitative estimate of drug-likeness (QED) is 0.720. The molecule has 0 aliphatic heterocycles. The number of ether oxygens (including phenoxy) is 1. The van der Waals surface area contributed by atoms with Crippen LogP contribution in [0.4, 0.5) is 4.39 Å². The fraction of sp³-hybridized carbons (Fsp3) is 0.571. The molecule has 0 bridgehead atoms. The molecule has 0 unspecified atom stereocenters. The summed E-state index contributed by atoms with van der Waals surface area (Å²) in [6, 6.07) is 5.26. The van der Waals surface area contributed by atoms with E-state index >= 15 is 0 Å². The summed E-state index contributed by atoms with van der Waals surface area (Å²) in [5, 5.41) is 3.33. The molecule has 1 aromatic carbocycles. The van der Waals surface area contributed by atoms with Gasteiger partial charge in [0, 0.05) is 25.2 Å². The third-order valence-corrected chi connectivity index (χ3v) is 2.80. The lowest BCUT2D eigenvalue weighted by molar-refractivity contribution is 0.315. The zero-order chi connectivity index (χ0) is 13.4. The maximum absolute atomic E-state index is 13.9. The Balaban J connectivity index is 2.46. The Morgan fingerprint density at radius 3 is 2.78 bits per heavy atom. The molecular formula is C14H23FN2O. The largest absolute Gasteiger partial charge is 0.494 e. The molecule has 0 fully saturated rings. The van der Waals surface area contributed by atoms with Crippen molar-refractivity contribution in [3.63, 3.8) is 0 Å².